The zero-order valence-corrected chi connectivity index (χ0v) is 17.3. The number of rotatable bonds is 4. The van der Waals surface area contributed by atoms with Crippen LogP contribution in [0.5, 0.6) is 0 Å². The molecule has 2 heterocycles. The summed E-state index contributed by atoms with van der Waals surface area (Å²) in [5.74, 6) is 0.0875. The molecule has 0 spiro atoms. The van der Waals surface area contributed by atoms with Gasteiger partial charge in [0.15, 0.2) is 0 Å². The number of thiophene rings is 1. The lowest BCUT2D eigenvalue weighted by molar-refractivity contribution is 0.0169. The van der Waals surface area contributed by atoms with Crippen molar-refractivity contribution < 1.29 is 17.9 Å². The molecule has 1 atom stereocenters. The lowest BCUT2D eigenvalue weighted by Crippen LogP contribution is -2.45. The van der Waals surface area contributed by atoms with Crippen molar-refractivity contribution in [3.8, 4) is 0 Å². The highest BCUT2D eigenvalue weighted by molar-refractivity contribution is 9.11. The molecule has 1 fully saturated rings. The number of likely N-dealkylation sites (tertiary alicyclic amines) is 1. The van der Waals surface area contributed by atoms with Crippen LogP contribution in [0.2, 0.25) is 0 Å². The molecular formula is C15H23BrN2O4S2. The number of sulfonamides is 1. The van der Waals surface area contributed by atoms with E-state index in [1.807, 2.05) is 20.8 Å². The minimum Gasteiger partial charge on any atom is -0.444 e. The molecule has 1 aromatic heterocycles. The Kier molecular flexibility index (Phi) is 6.33. The summed E-state index contributed by atoms with van der Waals surface area (Å²) in [4.78, 5) is 13.8. The molecule has 0 bridgehead atoms. The number of carbonyl (C=O) groups is 1. The molecule has 2 rings (SSSR count). The Bertz CT molecular complexity index is 682. The number of halogens is 1. The summed E-state index contributed by atoms with van der Waals surface area (Å²) in [5, 5.41) is 0. The number of ether oxygens (including phenoxy) is 1. The number of carbonyl (C=O) groups excluding carboxylic acids is 1. The summed E-state index contributed by atoms with van der Waals surface area (Å²) >= 11 is 4.44. The first-order valence-corrected chi connectivity index (χ1v) is 10.9. The summed E-state index contributed by atoms with van der Waals surface area (Å²) in [7, 11) is -3.50. The van der Waals surface area contributed by atoms with Gasteiger partial charge < -0.3 is 9.64 Å². The summed E-state index contributed by atoms with van der Waals surface area (Å²) in [5.41, 5.74) is -0.530. The fourth-order valence-electron chi connectivity index (χ4n) is 2.46. The lowest BCUT2D eigenvalue weighted by Gasteiger charge is -2.34. The topological polar surface area (TPSA) is 75.7 Å². The molecule has 0 aliphatic carbocycles. The number of amides is 1. The molecule has 0 radical (unpaired) electrons. The maximum Gasteiger partial charge on any atom is 0.410 e. The third-order valence-electron chi connectivity index (χ3n) is 3.55. The van der Waals surface area contributed by atoms with E-state index in [9.17, 15) is 13.2 Å². The van der Waals surface area contributed by atoms with Crippen LogP contribution in [0.1, 0.15) is 33.6 Å². The fraction of sp³-hybridized carbons (Fsp3) is 0.667. The zero-order chi connectivity index (χ0) is 18.0. The molecule has 1 amide bonds. The van der Waals surface area contributed by atoms with E-state index < -0.39 is 15.6 Å². The Morgan fingerprint density at radius 2 is 2.17 bits per heavy atom. The average Bonchev–Trinajstić information content (AvgIpc) is 2.91. The van der Waals surface area contributed by atoms with E-state index in [-0.39, 0.29) is 16.2 Å². The van der Waals surface area contributed by atoms with E-state index >= 15 is 0 Å². The highest BCUT2D eigenvalue weighted by Gasteiger charge is 2.28. The molecule has 0 saturated carbocycles. The Hall–Kier alpha value is -0.640. The van der Waals surface area contributed by atoms with Crippen LogP contribution in [-0.2, 0) is 14.8 Å². The maximum absolute atomic E-state index is 12.3. The maximum atomic E-state index is 12.3. The van der Waals surface area contributed by atoms with Crippen molar-refractivity contribution in [1.82, 2.24) is 9.62 Å². The van der Waals surface area contributed by atoms with Gasteiger partial charge in [0, 0.05) is 19.6 Å². The fourth-order valence-corrected chi connectivity index (χ4v) is 5.64. The van der Waals surface area contributed by atoms with Gasteiger partial charge in [-0.15, -0.1) is 11.3 Å². The minimum atomic E-state index is -3.50. The van der Waals surface area contributed by atoms with Crippen molar-refractivity contribution in [1.29, 1.82) is 0 Å². The van der Waals surface area contributed by atoms with Gasteiger partial charge in [-0.2, -0.15) is 0 Å². The van der Waals surface area contributed by atoms with Crippen molar-refractivity contribution in [2.24, 2.45) is 5.92 Å². The molecule has 1 saturated heterocycles. The summed E-state index contributed by atoms with van der Waals surface area (Å²) in [6, 6.07) is 3.29. The highest BCUT2D eigenvalue weighted by atomic mass is 79.9. The van der Waals surface area contributed by atoms with E-state index in [1.54, 1.807) is 17.0 Å². The molecule has 0 aromatic carbocycles. The molecule has 1 unspecified atom stereocenters. The number of piperidine rings is 1. The first-order valence-electron chi connectivity index (χ1n) is 7.80. The van der Waals surface area contributed by atoms with Gasteiger partial charge in [-0.3, -0.25) is 0 Å². The quantitative estimate of drug-likeness (QED) is 0.780. The third kappa shape index (κ3) is 5.72. The van der Waals surface area contributed by atoms with E-state index in [1.165, 1.54) is 11.3 Å². The monoisotopic (exact) mass is 438 g/mol. The Balaban J connectivity index is 1.90. The number of hydrogen-bond donors (Lipinski definition) is 1. The van der Waals surface area contributed by atoms with E-state index in [0.29, 0.717) is 19.6 Å². The number of nitrogens with zero attached hydrogens (tertiary/aromatic N) is 1. The van der Waals surface area contributed by atoms with Crippen LogP contribution in [-0.4, -0.2) is 44.6 Å². The second-order valence-electron chi connectivity index (χ2n) is 6.85. The first-order chi connectivity index (χ1) is 11.1. The van der Waals surface area contributed by atoms with Gasteiger partial charge in [0.1, 0.15) is 9.81 Å². The molecule has 6 nitrogen and oxygen atoms in total. The van der Waals surface area contributed by atoms with Crippen molar-refractivity contribution in [2.75, 3.05) is 19.6 Å². The zero-order valence-electron chi connectivity index (χ0n) is 14.0. The molecule has 136 valence electrons. The van der Waals surface area contributed by atoms with Crippen LogP contribution >= 0.6 is 27.3 Å². The van der Waals surface area contributed by atoms with Gasteiger partial charge in [0.2, 0.25) is 10.0 Å². The van der Waals surface area contributed by atoms with Gasteiger partial charge >= 0.3 is 6.09 Å². The van der Waals surface area contributed by atoms with Crippen LogP contribution in [0.3, 0.4) is 0 Å². The second kappa shape index (κ2) is 7.72. The van der Waals surface area contributed by atoms with Gasteiger partial charge in [0.25, 0.3) is 0 Å². The Morgan fingerprint density at radius 1 is 1.46 bits per heavy atom. The molecule has 1 aliphatic rings. The predicted molar refractivity (Wildman–Crippen MR) is 97.7 cm³/mol. The molecule has 1 N–H and O–H groups in total. The standard InChI is InChI=1S/C15H23BrN2O4S2/c1-15(2,3)22-14(19)18-8-4-5-11(10-18)9-17-24(20,21)13-7-6-12(16)23-13/h6-7,11,17H,4-5,8-10H2,1-3H3. The van der Waals surface area contributed by atoms with Crippen LogP contribution in [0.25, 0.3) is 0 Å². The molecule has 1 aliphatic heterocycles. The smallest absolute Gasteiger partial charge is 0.410 e. The molecule has 9 heteroatoms. The summed E-state index contributed by atoms with van der Waals surface area (Å²) in [6.45, 7) is 6.97. The number of nitrogens with one attached hydrogen (secondary N) is 1. The summed E-state index contributed by atoms with van der Waals surface area (Å²) < 4.78 is 33.6. The normalized spacial score (nSPS) is 19.3. The molecular weight excluding hydrogens is 416 g/mol. The van der Waals surface area contributed by atoms with Crippen LogP contribution in [0.4, 0.5) is 4.79 Å². The van der Waals surface area contributed by atoms with Gasteiger partial charge in [-0.05, 0) is 67.6 Å². The van der Waals surface area contributed by atoms with Crippen LogP contribution in [0.15, 0.2) is 20.1 Å². The Morgan fingerprint density at radius 3 is 2.75 bits per heavy atom. The second-order valence-corrected chi connectivity index (χ2v) is 11.3. The van der Waals surface area contributed by atoms with E-state index in [0.717, 1.165) is 16.6 Å². The van der Waals surface area contributed by atoms with Crippen molar-refractivity contribution in [3.05, 3.63) is 15.9 Å². The largest absolute Gasteiger partial charge is 0.444 e. The third-order valence-corrected chi connectivity index (χ3v) is 7.09. The van der Waals surface area contributed by atoms with E-state index in [2.05, 4.69) is 20.7 Å². The van der Waals surface area contributed by atoms with Crippen LogP contribution < -0.4 is 4.72 Å². The number of hydrogen-bond acceptors (Lipinski definition) is 5. The molecule has 24 heavy (non-hydrogen) atoms. The van der Waals surface area contributed by atoms with Crippen LogP contribution in [0, 0.1) is 5.92 Å². The van der Waals surface area contributed by atoms with Crippen molar-refractivity contribution in [2.45, 2.75) is 43.4 Å². The first kappa shape index (κ1) is 19.7. The summed E-state index contributed by atoms with van der Waals surface area (Å²) in [6.07, 6.45) is 1.39. The Labute approximate surface area is 155 Å². The van der Waals surface area contributed by atoms with E-state index in [4.69, 9.17) is 4.74 Å². The highest BCUT2D eigenvalue weighted by Crippen LogP contribution is 2.26. The van der Waals surface area contributed by atoms with Crippen molar-refractivity contribution in [3.63, 3.8) is 0 Å². The predicted octanol–water partition coefficient (Wildman–Crippen LogP) is 3.44. The SMILES string of the molecule is CC(C)(C)OC(=O)N1CCCC(CNS(=O)(=O)c2ccc(Br)s2)C1. The lowest BCUT2D eigenvalue weighted by atomic mass is 9.99. The van der Waals surface area contributed by atoms with Gasteiger partial charge in [-0.1, -0.05) is 0 Å². The minimum absolute atomic E-state index is 0.0875. The molecule has 1 aromatic rings. The van der Waals surface area contributed by atoms with Gasteiger partial charge in [-0.25, -0.2) is 17.9 Å². The average molecular weight is 439 g/mol. The van der Waals surface area contributed by atoms with Crippen molar-refractivity contribution >= 4 is 43.4 Å². The van der Waals surface area contributed by atoms with Gasteiger partial charge in [0.05, 0.1) is 3.79 Å².